The lowest BCUT2D eigenvalue weighted by molar-refractivity contribution is 0.131. The van der Waals surface area contributed by atoms with Gasteiger partial charge in [0.25, 0.3) is 0 Å². The molecule has 1 aliphatic rings. The molecular formula is C16H25FN2O. The lowest BCUT2D eigenvalue weighted by Gasteiger charge is -2.38. The van der Waals surface area contributed by atoms with Gasteiger partial charge in [0.2, 0.25) is 0 Å². The number of likely N-dealkylation sites (tertiary alicyclic amines) is 1. The molecule has 3 nitrogen and oxygen atoms in total. The first-order chi connectivity index (χ1) is 9.69. The smallest absolute Gasteiger partial charge is 0.169 e. The van der Waals surface area contributed by atoms with Crippen molar-refractivity contribution < 1.29 is 9.13 Å². The van der Waals surface area contributed by atoms with Crippen LogP contribution in [0.3, 0.4) is 0 Å². The Bertz CT molecular complexity index is 438. The number of methoxy groups -OCH3 is 1. The summed E-state index contributed by atoms with van der Waals surface area (Å²) in [6, 6.07) is 5.96. The molecule has 1 aliphatic heterocycles. The number of ether oxygens (including phenoxy) is 1. The van der Waals surface area contributed by atoms with Crippen molar-refractivity contribution in [2.24, 2.45) is 5.92 Å². The van der Waals surface area contributed by atoms with Gasteiger partial charge in [0.1, 0.15) is 0 Å². The summed E-state index contributed by atoms with van der Waals surface area (Å²) in [6.45, 7) is 4.93. The molecule has 1 N–H and O–H groups in total. The molecule has 2 unspecified atom stereocenters. The number of nitrogens with zero attached hydrogens (tertiary/aromatic N) is 1. The van der Waals surface area contributed by atoms with Gasteiger partial charge in [-0.05, 0) is 32.0 Å². The van der Waals surface area contributed by atoms with E-state index >= 15 is 0 Å². The molecule has 0 spiro atoms. The summed E-state index contributed by atoms with van der Waals surface area (Å²) < 4.78 is 19.2. The fourth-order valence-corrected chi connectivity index (χ4v) is 3.12. The monoisotopic (exact) mass is 280 g/mol. The van der Waals surface area contributed by atoms with Gasteiger partial charge in [0.05, 0.1) is 7.11 Å². The molecule has 1 aromatic rings. The Morgan fingerprint density at radius 2 is 2.25 bits per heavy atom. The predicted molar refractivity (Wildman–Crippen MR) is 79.5 cm³/mol. The zero-order valence-electron chi connectivity index (χ0n) is 12.7. The first kappa shape index (κ1) is 15.3. The van der Waals surface area contributed by atoms with E-state index in [2.05, 4.69) is 17.1 Å². The summed E-state index contributed by atoms with van der Waals surface area (Å²) in [5.74, 6) is 0.751. The van der Waals surface area contributed by atoms with Crippen molar-refractivity contribution in [2.75, 3.05) is 27.2 Å². The van der Waals surface area contributed by atoms with Crippen LogP contribution in [-0.4, -0.2) is 38.2 Å². The van der Waals surface area contributed by atoms with Crippen molar-refractivity contribution >= 4 is 0 Å². The van der Waals surface area contributed by atoms with Crippen LogP contribution in [0.2, 0.25) is 0 Å². The van der Waals surface area contributed by atoms with Crippen molar-refractivity contribution in [1.82, 2.24) is 10.2 Å². The predicted octanol–water partition coefficient (Wildman–Crippen LogP) is 2.65. The van der Waals surface area contributed by atoms with Crippen LogP contribution in [0.4, 0.5) is 4.39 Å². The van der Waals surface area contributed by atoms with Crippen molar-refractivity contribution in [3.8, 4) is 5.75 Å². The van der Waals surface area contributed by atoms with Gasteiger partial charge in [-0.1, -0.05) is 25.5 Å². The Kier molecular flexibility index (Phi) is 5.38. The average Bonchev–Trinajstić information content (AvgIpc) is 2.49. The summed E-state index contributed by atoms with van der Waals surface area (Å²) in [4.78, 5) is 2.35. The zero-order chi connectivity index (χ0) is 14.5. The van der Waals surface area contributed by atoms with E-state index in [9.17, 15) is 4.39 Å². The number of halogens is 1. The van der Waals surface area contributed by atoms with Gasteiger partial charge in [-0.3, -0.25) is 4.90 Å². The van der Waals surface area contributed by atoms with Crippen LogP contribution in [0, 0.1) is 11.7 Å². The molecule has 0 amide bonds. The number of piperidine rings is 1. The van der Waals surface area contributed by atoms with E-state index in [1.807, 2.05) is 19.2 Å². The second-order valence-corrected chi connectivity index (χ2v) is 5.52. The first-order valence-electron chi connectivity index (χ1n) is 7.40. The minimum atomic E-state index is -0.223. The maximum atomic E-state index is 14.2. The molecule has 20 heavy (non-hydrogen) atoms. The normalized spacial score (nSPS) is 23.8. The molecule has 0 radical (unpaired) electrons. The Morgan fingerprint density at radius 3 is 2.90 bits per heavy atom. The van der Waals surface area contributed by atoms with Gasteiger partial charge in [-0.2, -0.15) is 0 Å². The van der Waals surface area contributed by atoms with E-state index in [1.54, 1.807) is 6.07 Å². The molecule has 0 aromatic heterocycles. The van der Waals surface area contributed by atoms with Crippen molar-refractivity contribution in [3.05, 3.63) is 29.6 Å². The minimum Gasteiger partial charge on any atom is -0.494 e. The van der Waals surface area contributed by atoms with Crippen LogP contribution in [0.1, 0.15) is 25.3 Å². The third-order valence-electron chi connectivity index (χ3n) is 4.37. The molecule has 112 valence electrons. The second kappa shape index (κ2) is 7.04. The SMILES string of the molecule is CCC1CN(Cc2cccc(OC)c2F)CCC1NC. The van der Waals surface area contributed by atoms with Gasteiger partial charge < -0.3 is 10.1 Å². The van der Waals surface area contributed by atoms with Crippen molar-refractivity contribution in [2.45, 2.75) is 32.4 Å². The van der Waals surface area contributed by atoms with Gasteiger partial charge in [0.15, 0.2) is 11.6 Å². The van der Waals surface area contributed by atoms with Crippen LogP contribution >= 0.6 is 0 Å². The van der Waals surface area contributed by atoms with Crippen molar-refractivity contribution in [3.63, 3.8) is 0 Å². The summed E-state index contributed by atoms with van der Waals surface area (Å²) in [6.07, 6.45) is 2.28. The lowest BCUT2D eigenvalue weighted by Crippen LogP contribution is -2.47. The van der Waals surface area contributed by atoms with E-state index in [0.29, 0.717) is 24.3 Å². The highest BCUT2D eigenvalue weighted by atomic mass is 19.1. The minimum absolute atomic E-state index is 0.223. The van der Waals surface area contributed by atoms with E-state index < -0.39 is 0 Å². The number of hydrogen-bond donors (Lipinski definition) is 1. The molecule has 0 aliphatic carbocycles. The summed E-state index contributed by atoms with van der Waals surface area (Å²) >= 11 is 0. The highest BCUT2D eigenvalue weighted by Gasteiger charge is 2.27. The first-order valence-corrected chi connectivity index (χ1v) is 7.40. The zero-order valence-corrected chi connectivity index (χ0v) is 12.7. The van der Waals surface area contributed by atoms with Gasteiger partial charge in [-0.15, -0.1) is 0 Å². The van der Waals surface area contributed by atoms with Crippen LogP contribution in [0.15, 0.2) is 18.2 Å². The lowest BCUT2D eigenvalue weighted by atomic mass is 9.90. The number of hydrogen-bond acceptors (Lipinski definition) is 3. The van der Waals surface area contributed by atoms with Gasteiger partial charge in [-0.25, -0.2) is 4.39 Å². The average molecular weight is 280 g/mol. The summed E-state index contributed by atoms with van der Waals surface area (Å²) in [5.41, 5.74) is 0.724. The fraction of sp³-hybridized carbons (Fsp3) is 0.625. The Morgan fingerprint density at radius 1 is 1.45 bits per heavy atom. The number of benzene rings is 1. The molecule has 1 saturated heterocycles. The van der Waals surface area contributed by atoms with Crippen LogP contribution < -0.4 is 10.1 Å². The van der Waals surface area contributed by atoms with Gasteiger partial charge >= 0.3 is 0 Å². The quantitative estimate of drug-likeness (QED) is 0.897. The van der Waals surface area contributed by atoms with E-state index in [0.717, 1.165) is 31.5 Å². The Hall–Kier alpha value is -1.13. The maximum Gasteiger partial charge on any atom is 0.169 e. The second-order valence-electron chi connectivity index (χ2n) is 5.52. The number of rotatable bonds is 5. The molecule has 0 saturated carbocycles. The fourth-order valence-electron chi connectivity index (χ4n) is 3.12. The van der Waals surface area contributed by atoms with Crippen LogP contribution in [-0.2, 0) is 6.54 Å². The Labute approximate surface area is 121 Å². The van der Waals surface area contributed by atoms with Gasteiger partial charge in [0, 0.05) is 24.7 Å². The standard InChI is InChI=1S/C16H25FN2O/c1-4-12-10-19(9-8-14(12)18-2)11-13-6-5-7-15(20-3)16(13)17/h5-7,12,14,18H,4,8-11H2,1-3H3. The molecular weight excluding hydrogens is 255 g/mol. The van der Waals surface area contributed by atoms with E-state index in [1.165, 1.54) is 7.11 Å². The van der Waals surface area contributed by atoms with E-state index in [4.69, 9.17) is 4.74 Å². The summed E-state index contributed by atoms with van der Waals surface area (Å²) in [5, 5.41) is 3.40. The molecule has 1 aromatic carbocycles. The molecule has 1 fully saturated rings. The molecule has 1 heterocycles. The topological polar surface area (TPSA) is 24.5 Å². The highest BCUT2D eigenvalue weighted by molar-refractivity contribution is 5.31. The van der Waals surface area contributed by atoms with Crippen LogP contribution in [0.5, 0.6) is 5.75 Å². The molecule has 2 rings (SSSR count). The molecule has 0 bridgehead atoms. The Balaban J connectivity index is 2.04. The maximum absolute atomic E-state index is 14.2. The largest absolute Gasteiger partial charge is 0.494 e. The highest BCUT2D eigenvalue weighted by Crippen LogP contribution is 2.25. The molecule has 2 atom stereocenters. The molecule has 4 heteroatoms. The number of nitrogens with one attached hydrogen (secondary N) is 1. The summed E-state index contributed by atoms with van der Waals surface area (Å²) in [7, 11) is 3.54. The third-order valence-corrected chi connectivity index (χ3v) is 4.37. The van der Waals surface area contributed by atoms with Crippen molar-refractivity contribution in [1.29, 1.82) is 0 Å². The van der Waals surface area contributed by atoms with Crippen LogP contribution in [0.25, 0.3) is 0 Å². The van der Waals surface area contributed by atoms with E-state index in [-0.39, 0.29) is 5.82 Å². The third kappa shape index (κ3) is 3.30.